The molecule has 2 rings (SSSR count). The first-order valence-corrected chi connectivity index (χ1v) is 7.89. The summed E-state index contributed by atoms with van der Waals surface area (Å²) in [6.45, 7) is 3.75. The third kappa shape index (κ3) is 3.12. The summed E-state index contributed by atoms with van der Waals surface area (Å²) >= 11 is 0. The quantitative estimate of drug-likeness (QED) is 0.668. The third-order valence-electron chi connectivity index (χ3n) is 3.04. The van der Waals surface area contributed by atoms with E-state index < -0.39 is 16.1 Å². The SMILES string of the molecule is CNCc1n[nH]c(C)c1S(=O)(=O)NC(C)c1nncn1C. The van der Waals surface area contributed by atoms with Crippen molar-refractivity contribution in [2.24, 2.45) is 7.05 Å². The summed E-state index contributed by atoms with van der Waals surface area (Å²) in [4.78, 5) is 0.172. The molecule has 0 aliphatic carbocycles. The molecular formula is C11H19N7O2S. The molecule has 2 aromatic rings. The lowest BCUT2D eigenvalue weighted by Crippen LogP contribution is -2.30. The number of hydrogen-bond donors (Lipinski definition) is 3. The highest BCUT2D eigenvalue weighted by Gasteiger charge is 2.27. The third-order valence-corrected chi connectivity index (χ3v) is 4.78. The Labute approximate surface area is 123 Å². The van der Waals surface area contributed by atoms with Crippen LogP contribution >= 0.6 is 0 Å². The van der Waals surface area contributed by atoms with Crippen molar-refractivity contribution in [3.63, 3.8) is 0 Å². The van der Waals surface area contributed by atoms with Crippen LogP contribution in [0.4, 0.5) is 0 Å². The maximum Gasteiger partial charge on any atom is 0.244 e. The summed E-state index contributed by atoms with van der Waals surface area (Å²) in [5.74, 6) is 0.537. The van der Waals surface area contributed by atoms with Crippen LogP contribution in [-0.2, 0) is 23.6 Å². The van der Waals surface area contributed by atoms with Gasteiger partial charge in [0, 0.05) is 13.6 Å². The maximum absolute atomic E-state index is 12.6. The molecule has 1 atom stereocenters. The minimum absolute atomic E-state index is 0.172. The Hall–Kier alpha value is -1.78. The van der Waals surface area contributed by atoms with Crippen molar-refractivity contribution in [1.82, 2.24) is 35.0 Å². The van der Waals surface area contributed by atoms with E-state index in [1.807, 2.05) is 0 Å². The van der Waals surface area contributed by atoms with Crippen molar-refractivity contribution in [1.29, 1.82) is 0 Å². The molecule has 0 aliphatic rings. The highest BCUT2D eigenvalue weighted by atomic mass is 32.2. The predicted molar refractivity (Wildman–Crippen MR) is 75.8 cm³/mol. The van der Waals surface area contributed by atoms with Crippen molar-refractivity contribution >= 4 is 10.0 Å². The van der Waals surface area contributed by atoms with Crippen LogP contribution in [0.25, 0.3) is 0 Å². The van der Waals surface area contributed by atoms with Crippen molar-refractivity contribution in [3.8, 4) is 0 Å². The molecule has 9 nitrogen and oxygen atoms in total. The van der Waals surface area contributed by atoms with Crippen LogP contribution in [0.2, 0.25) is 0 Å². The van der Waals surface area contributed by atoms with E-state index in [1.165, 1.54) is 6.33 Å². The van der Waals surface area contributed by atoms with Gasteiger partial charge in [-0.25, -0.2) is 13.1 Å². The molecule has 10 heteroatoms. The van der Waals surface area contributed by atoms with Crippen LogP contribution in [0.15, 0.2) is 11.2 Å². The number of aryl methyl sites for hydroxylation is 2. The van der Waals surface area contributed by atoms with Gasteiger partial charge in [0.15, 0.2) is 0 Å². The van der Waals surface area contributed by atoms with Gasteiger partial charge in [-0.1, -0.05) is 0 Å². The normalized spacial score (nSPS) is 13.5. The molecule has 0 bridgehead atoms. The van der Waals surface area contributed by atoms with Gasteiger partial charge in [0.05, 0.1) is 17.4 Å². The van der Waals surface area contributed by atoms with Crippen molar-refractivity contribution in [2.45, 2.75) is 31.3 Å². The number of rotatable bonds is 6. The van der Waals surface area contributed by atoms with Gasteiger partial charge in [0.1, 0.15) is 17.0 Å². The van der Waals surface area contributed by atoms with E-state index in [0.29, 0.717) is 23.8 Å². The average molecular weight is 313 g/mol. The molecule has 0 spiro atoms. The maximum atomic E-state index is 12.6. The highest BCUT2D eigenvalue weighted by Crippen LogP contribution is 2.20. The Morgan fingerprint density at radius 2 is 2.19 bits per heavy atom. The van der Waals surface area contributed by atoms with Crippen molar-refractivity contribution in [3.05, 3.63) is 23.5 Å². The number of aromatic amines is 1. The van der Waals surface area contributed by atoms with Crippen LogP contribution in [0, 0.1) is 6.92 Å². The lowest BCUT2D eigenvalue weighted by Gasteiger charge is -2.14. The largest absolute Gasteiger partial charge is 0.319 e. The fraction of sp³-hybridized carbons (Fsp3) is 0.545. The fourth-order valence-electron chi connectivity index (χ4n) is 2.14. The fourth-order valence-corrected chi connectivity index (χ4v) is 3.71. The Balaban J connectivity index is 2.31. The first kappa shape index (κ1) is 15.6. The Bertz CT molecular complexity index is 719. The van der Waals surface area contributed by atoms with E-state index in [1.54, 1.807) is 32.5 Å². The van der Waals surface area contributed by atoms with Crippen LogP contribution in [0.3, 0.4) is 0 Å². The molecule has 1 unspecified atom stereocenters. The summed E-state index contributed by atoms with van der Waals surface area (Å²) in [6, 6.07) is -0.501. The number of H-pyrrole nitrogens is 1. The lowest BCUT2D eigenvalue weighted by molar-refractivity contribution is 0.551. The van der Waals surface area contributed by atoms with E-state index in [4.69, 9.17) is 0 Å². The van der Waals surface area contributed by atoms with Gasteiger partial charge in [0.25, 0.3) is 0 Å². The first-order valence-electron chi connectivity index (χ1n) is 6.41. The second kappa shape index (κ2) is 5.92. The molecule has 0 saturated heterocycles. The molecule has 2 heterocycles. The lowest BCUT2D eigenvalue weighted by atomic mass is 10.3. The van der Waals surface area contributed by atoms with Crippen LogP contribution in [0.1, 0.15) is 30.2 Å². The Morgan fingerprint density at radius 1 is 1.48 bits per heavy atom. The molecule has 3 N–H and O–H groups in total. The van der Waals surface area contributed by atoms with E-state index in [2.05, 4.69) is 30.4 Å². The van der Waals surface area contributed by atoms with E-state index in [-0.39, 0.29) is 4.90 Å². The van der Waals surface area contributed by atoms with Gasteiger partial charge >= 0.3 is 0 Å². The summed E-state index contributed by atoms with van der Waals surface area (Å²) in [5, 5.41) is 17.3. The predicted octanol–water partition coefficient (Wildman–Crippen LogP) is -0.394. The second-order valence-corrected chi connectivity index (χ2v) is 6.45. The zero-order chi connectivity index (χ0) is 15.6. The molecule has 0 amide bonds. The minimum atomic E-state index is -3.71. The smallest absolute Gasteiger partial charge is 0.244 e. The molecule has 0 aliphatic heterocycles. The average Bonchev–Trinajstić information content (AvgIpc) is 2.96. The number of hydrogen-bond acceptors (Lipinski definition) is 6. The molecular weight excluding hydrogens is 294 g/mol. The first-order chi connectivity index (χ1) is 9.86. The monoisotopic (exact) mass is 313 g/mol. The second-order valence-electron chi connectivity index (χ2n) is 4.80. The van der Waals surface area contributed by atoms with Crippen LogP contribution in [-0.4, -0.2) is 40.4 Å². The number of nitrogens with one attached hydrogen (secondary N) is 3. The molecule has 116 valence electrons. The van der Waals surface area contributed by atoms with Gasteiger partial charge in [-0.15, -0.1) is 10.2 Å². The van der Waals surface area contributed by atoms with Crippen LogP contribution in [0.5, 0.6) is 0 Å². The molecule has 2 aromatic heterocycles. The van der Waals surface area contributed by atoms with Gasteiger partial charge in [-0.2, -0.15) is 5.10 Å². The number of nitrogens with zero attached hydrogens (tertiary/aromatic N) is 4. The van der Waals surface area contributed by atoms with Crippen LogP contribution < -0.4 is 10.0 Å². The highest BCUT2D eigenvalue weighted by molar-refractivity contribution is 7.89. The molecule has 0 radical (unpaired) electrons. The van der Waals surface area contributed by atoms with Gasteiger partial charge in [-0.3, -0.25) is 5.10 Å². The molecule has 0 fully saturated rings. The van der Waals surface area contributed by atoms with Crippen molar-refractivity contribution in [2.75, 3.05) is 7.05 Å². The summed E-state index contributed by atoms with van der Waals surface area (Å²) in [6.07, 6.45) is 1.52. The van der Waals surface area contributed by atoms with E-state index >= 15 is 0 Å². The Kier molecular flexibility index (Phi) is 4.40. The van der Waals surface area contributed by atoms with Gasteiger partial charge in [0.2, 0.25) is 10.0 Å². The summed E-state index contributed by atoms with van der Waals surface area (Å²) in [7, 11) is -0.216. The standard InChI is InChI=1S/C11H19N7O2S/c1-7-10(9(5-12-3)15-14-7)21(19,20)17-8(2)11-16-13-6-18(11)4/h6,8,12,17H,5H2,1-4H3,(H,14,15). The van der Waals surface area contributed by atoms with E-state index in [0.717, 1.165) is 0 Å². The minimum Gasteiger partial charge on any atom is -0.319 e. The zero-order valence-corrected chi connectivity index (χ0v) is 13.2. The summed E-state index contributed by atoms with van der Waals surface area (Å²) in [5.41, 5.74) is 0.950. The van der Waals surface area contributed by atoms with Gasteiger partial charge < -0.3 is 9.88 Å². The Morgan fingerprint density at radius 3 is 2.76 bits per heavy atom. The molecule has 21 heavy (non-hydrogen) atoms. The topological polar surface area (TPSA) is 118 Å². The van der Waals surface area contributed by atoms with Gasteiger partial charge in [-0.05, 0) is 20.9 Å². The number of sulfonamides is 1. The zero-order valence-electron chi connectivity index (χ0n) is 12.4. The van der Waals surface area contributed by atoms with E-state index in [9.17, 15) is 8.42 Å². The number of aromatic nitrogens is 5. The van der Waals surface area contributed by atoms with Crippen molar-refractivity contribution < 1.29 is 8.42 Å². The molecule has 0 saturated carbocycles. The molecule has 0 aromatic carbocycles. The summed E-state index contributed by atoms with van der Waals surface area (Å²) < 4.78 is 29.4.